The van der Waals surface area contributed by atoms with Crippen molar-refractivity contribution in [2.45, 2.75) is 51.5 Å². The average molecular weight is 316 g/mol. The van der Waals surface area contributed by atoms with E-state index in [0.29, 0.717) is 12.5 Å². The summed E-state index contributed by atoms with van der Waals surface area (Å²) >= 11 is 0. The lowest BCUT2D eigenvalue weighted by Crippen LogP contribution is -2.37. The van der Waals surface area contributed by atoms with Crippen molar-refractivity contribution in [3.8, 4) is 0 Å². The minimum Gasteiger partial charge on any atom is -0.326 e. The molecule has 0 aromatic heterocycles. The van der Waals surface area contributed by atoms with Crippen LogP contribution >= 0.6 is 0 Å². The molecule has 0 radical (unpaired) electrons. The second-order valence-corrected chi connectivity index (χ2v) is 9.13. The van der Waals surface area contributed by atoms with Crippen LogP contribution in [0.2, 0.25) is 0 Å². The van der Waals surface area contributed by atoms with Gasteiger partial charge in [-0.15, -0.1) is 0 Å². The molecule has 23 heavy (non-hydrogen) atoms. The summed E-state index contributed by atoms with van der Waals surface area (Å²) in [5, 5.41) is 0. The van der Waals surface area contributed by atoms with Crippen LogP contribution in [0, 0.1) is 35.5 Å². The molecular weight excluding hydrogens is 288 g/mol. The Hall–Kier alpha value is -1.16. The highest BCUT2D eigenvalue weighted by molar-refractivity contribution is 6.12. The van der Waals surface area contributed by atoms with Gasteiger partial charge >= 0.3 is 0 Å². The second-order valence-electron chi connectivity index (χ2n) is 9.13. The summed E-state index contributed by atoms with van der Waals surface area (Å²) in [7, 11) is 0. The van der Waals surface area contributed by atoms with Gasteiger partial charge < -0.3 is 5.73 Å². The van der Waals surface area contributed by atoms with Crippen molar-refractivity contribution in [3.63, 3.8) is 0 Å². The van der Waals surface area contributed by atoms with Crippen LogP contribution in [0.1, 0.15) is 46.0 Å². The van der Waals surface area contributed by atoms with Crippen LogP contribution in [0.3, 0.4) is 0 Å². The first-order chi connectivity index (χ1) is 10.8. The maximum atomic E-state index is 11.8. The van der Waals surface area contributed by atoms with E-state index in [2.05, 4.69) is 13.8 Å². The first-order valence-electron chi connectivity index (χ1n) is 9.14. The van der Waals surface area contributed by atoms with Crippen LogP contribution in [-0.2, 0) is 9.59 Å². The fourth-order valence-corrected chi connectivity index (χ4v) is 6.25. The van der Waals surface area contributed by atoms with E-state index in [9.17, 15) is 9.59 Å². The molecule has 1 heterocycles. The number of carbonyl (C=O) groups excluding carboxylic acids is 2. The maximum absolute atomic E-state index is 11.8. The van der Waals surface area contributed by atoms with Gasteiger partial charge in [-0.25, -0.2) is 0 Å². The summed E-state index contributed by atoms with van der Waals surface area (Å²) in [5.41, 5.74) is 6.20. The van der Waals surface area contributed by atoms with Gasteiger partial charge in [-0.05, 0) is 81.5 Å². The van der Waals surface area contributed by atoms with Crippen LogP contribution in [0.5, 0.6) is 0 Å². The van der Waals surface area contributed by atoms with E-state index in [0.717, 1.165) is 36.0 Å². The molecule has 6 atom stereocenters. The first kappa shape index (κ1) is 15.4. The van der Waals surface area contributed by atoms with Gasteiger partial charge in [0.2, 0.25) is 0 Å². The smallest absolute Gasteiger partial charge is 0.253 e. The molecule has 0 spiro atoms. The lowest BCUT2D eigenvalue weighted by molar-refractivity contribution is -0.137. The van der Waals surface area contributed by atoms with Crippen LogP contribution in [0.15, 0.2) is 12.2 Å². The summed E-state index contributed by atoms with van der Waals surface area (Å²) in [6.07, 6.45) is 9.09. The Bertz CT molecular complexity index is 544. The van der Waals surface area contributed by atoms with E-state index in [1.165, 1.54) is 42.7 Å². The topological polar surface area (TPSA) is 63.4 Å². The maximum Gasteiger partial charge on any atom is 0.253 e. The Labute approximate surface area is 138 Å². The largest absolute Gasteiger partial charge is 0.326 e. The average Bonchev–Trinajstić information content (AvgIpc) is 3.15. The lowest BCUT2D eigenvalue weighted by Gasteiger charge is -2.35. The number of nitrogens with two attached hydrogens (primary N) is 1. The SMILES string of the molecule is CC(C)(N)CC1CC2CC1C1CC(CN3C(=O)C=CC3=O)CC21. The van der Waals surface area contributed by atoms with E-state index in [4.69, 9.17) is 5.73 Å². The number of fused-ring (bicyclic) bond motifs is 5. The summed E-state index contributed by atoms with van der Waals surface area (Å²) in [6.45, 7) is 4.92. The van der Waals surface area contributed by atoms with Gasteiger partial charge in [0, 0.05) is 24.2 Å². The molecule has 4 heteroatoms. The Kier molecular flexibility index (Phi) is 3.45. The van der Waals surface area contributed by atoms with Gasteiger partial charge in [0.05, 0.1) is 0 Å². The van der Waals surface area contributed by atoms with Crippen LogP contribution in [0.25, 0.3) is 0 Å². The zero-order chi connectivity index (χ0) is 16.4. The molecule has 4 aliphatic rings. The highest BCUT2D eigenvalue weighted by Crippen LogP contribution is 2.63. The minimum atomic E-state index is -0.127. The fourth-order valence-electron chi connectivity index (χ4n) is 6.25. The molecule has 2 bridgehead atoms. The molecule has 4 nitrogen and oxygen atoms in total. The summed E-state index contributed by atoms with van der Waals surface area (Å²) in [6, 6.07) is 0. The molecule has 0 aromatic rings. The number of nitrogens with zero attached hydrogens (tertiary/aromatic N) is 1. The number of amides is 2. The third-order valence-electron chi connectivity index (χ3n) is 6.83. The van der Waals surface area contributed by atoms with Gasteiger partial charge in [-0.1, -0.05) is 0 Å². The predicted octanol–water partition coefficient (Wildman–Crippen LogP) is 2.34. The van der Waals surface area contributed by atoms with Crippen molar-refractivity contribution in [2.24, 2.45) is 41.2 Å². The number of carbonyl (C=O) groups is 2. The van der Waals surface area contributed by atoms with E-state index < -0.39 is 0 Å². The summed E-state index contributed by atoms with van der Waals surface area (Å²) in [4.78, 5) is 25.0. The molecule has 126 valence electrons. The van der Waals surface area contributed by atoms with E-state index in [1.54, 1.807) is 0 Å². The first-order valence-corrected chi connectivity index (χ1v) is 9.14. The van der Waals surface area contributed by atoms with E-state index in [-0.39, 0.29) is 17.4 Å². The van der Waals surface area contributed by atoms with Gasteiger partial charge in [-0.3, -0.25) is 14.5 Å². The predicted molar refractivity (Wildman–Crippen MR) is 88.2 cm³/mol. The van der Waals surface area contributed by atoms with Gasteiger partial charge in [-0.2, -0.15) is 0 Å². The molecule has 0 saturated heterocycles. The molecule has 4 rings (SSSR count). The molecule has 2 amide bonds. The number of rotatable bonds is 4. The van der Waals surface area contributed by atoms with Crippen molar-refractivity contribution in [2.75, 3.05) is 6.54 Å². The normalized spacial score (nSPS) is 42.1. The van der Waals surface area contributed by atoms with Crippen LogP contribution in [-0.4, -0.2) is 28.8 Å². The van der Waals surface area contributed by atoms with Crippen LogP contribution < -0.4 is 5.73 Å². The van der Waals surface area contributed by atoms with Crippen molar-refractivity contribution in [1.29, 1.82) is 0 Å². The molecule has 2 N–H and O–H groups in total. The van der Waals surface area contributed by atoms with E-state index >= 15 is 0 Å². The standard InChI is InChI=1S/C19H28N2O2/c1-19(2,20)9-13-7-12-8-15(13)16-6-11(5-14(12)16)10-21-17(22)3-4-18(21)23/h3-4,11-16H,5-10,20H2,1-2H3. The van der Waals surface area contributed by atoms with Crippen molar-refractivity contribution >= 4 is 11.8 Å². The summed E-state index contributed by atoms with van der Waals surface area (Å²) < 4.78 is 0. The molecule has 3 saturated carbocycles. The molecule has 0 aromatic carbocycles. The second kappa shape index (κ2) is 5.17. The Morgan fingerprint density at radius 1 is 1.04 bits per heavy atom. The van der Waals surface area contributed by atoms with Gasteiger partial charge in [0.1, 0.15) is 0 Å². The third kappa shape index (κ3) is 2.65. The van der Waals surface area contributed by atoms with Crippen LogP contribution in [0.4, 0.5) is 0 Å². The lowest BCUT2D eigenvalue weighted by atomic mass is 9.72. The van der Waals surface area contributed by atoms with Crippen molar-refractivity contribution < 1.29 is 9.59 Å². The van der Waals surface area contributed by atoms with Gasteiger partial charge in [0.25, 0.3) is 11.8 Å². The zero-order valence-corrected chi connectivity index (χ0v) is 14.2. The summed E-state index contributed by atoms with van der Waals surface area (Å²) in [5.74, 6) is 4.39. The number of hydrogen-bond donors (Lipinski definition) is 1. The number of imide groups is 1. The molecule has 1 aliphatic heterocycles. The van der Waals surface area contributed by atoms with Gasteiger partial charge in [0.15, 0.2) is 0 Å². The molecular formula is C19H28N2O2. The monoisotopic (exact) mass is 316 g/mol. The Balaban J connectivity index is 1.39. The zero-order valence-electron chi connectivity index (χ0n) is 14.2. The minimum absolute atomic E-state index is 0.0668. The van der Waals surface area contributed by atoms with E-state index in [1.807, 2.05) is 0 Å². The molecule has 3 fully saturated rings. The van der Waals surface area contributed by atoms with Crippen molar-refractivity contribution in [1.82, 2.24) is 4.90 Å². The Morgan fingerprint density at radius 2 is 1.70 bits per heavy atom. The highest BCUT2D eigenvalue weighted by Gasteiger charge is 2.56. The highest BCUT2D eigenvalue weighted by atomic mass is 16.2. The fraction of sp³-hybridized carbons (Fsp3) is 0.789. The van der Waals surface area contributed by atoms with Crippen molar-refractivity contribution in [3.05, 3.63) is 12.2 Å². The Morgan fingerprint density at radius 3 is 2.35 bits per heavy atom. The molecule has 6 unspecified atom stereocenters. The third-order valence-corrected chi connectivity index (χ3v) is 6.83. The molecule has 3 aliphatic carbocycles. The number of hydrogen-bond acceptors (Lipinski definition) is 3. The quantitative estimate of drug-likeness (QED) is 0.810.